The van der Waals surface area contributed by atoms with Gasteiger partial charge in [-0.05, 0) is 98.9 Å². The van der Waals surface area contributed by atoms with E-state index < -0.39 is 5.97 Å². The molecule has 9 nitrogen and oxygen atoms in total. The molecule has 8 rings (SSSR count). The largest absolute Gasteiger partial charge is 0.491 e. The SMILES string of the molecule is C/C=N/N(/C1=C/c2c(F)ccc3c(c(C(=O)O)n(C)c23)CCCOc2cc(cc3c2NCCC3)SCc2cc(nn2C)CSC1)C12CC1C2. The van der Waals surface area contributed by atoms with Crippen molar-refractivity contribution < 1.29 is 19.0 Å². The van der Waals surface area contributed by atoms with Gasteiger partial charge in [-0.1, -0.05) is 0 Å². The van der Waals surface area contributed by atoms with Crippen LogP contribution in [0.4, 0.5) is 10.1 Å². The van der Waals surface area contributed by atoms with Crippen LogP contribution < -0.4 is 10.1 Å². The normalized spacial score (nSPS) is 23.1. The van der Waals surface area contributed by atoms with Crippen molar-refractivity contribution in [3.63, 3.8) is 0 Å². The van der Waals surface area contributed by atoms with Crippen molar-refractivity contribution in [2.45, 2.75) is 67.4 Å². The number of carboxylic acids is 1. The van der Waals surface area contributed by atoms with E-state index in [1.165, 1.54) is 11.6 Å². The van der Waals surface area contributed by atoms with Crippen molar-refractivity contribution in [3.05, 3.63) is 75.6 Å². The Morgan fingerprint density at radius 3 is 2.80 bits per heavy atom. The molecular formula is C37H41FN6O3S2. The molecule has 12 heteroatoms. The standard InChI is InChI=1S/C37H41FN6O3S2/c1-4-40-44(37-17-23(37)18-37)26-15-30-31(38)10-9-29-28(35(36(45)46)42(2)34(29)30)8-6-12-47-32-16-27(13-22-7-5-11-39-33(22)32)49-21-25-14-24(19-48-20-26)41-43(25)3/h4,9-10,13-16,23,39H,5-8,11-12,17-21H2,1-3H3,(H,45,46)/b26-15+,40-4+. The number of thioether (sulfide) groups is 2. The minimum atomic E-state index is -1.03. The van der Waals surface area contributed by atoms with Gasteiger partial charge in [-0.15, -0.1) is 23.5 Å². The number of anilines is 1. The van der Waals surface area contributed by atoms with E-state index in [1.807, 2.05) is 24.7 Å². The van der Waals surface area contributed by atoms with Gasteiger partial charge < -0.3 is 19.7 Å². The van der Waals surface area contributed by atoms with Crippen LogP contribution in [-0.2, 0) is 38.4 Å². The molecule has 2 N–H and O–H groups in total. The zero-order chi connectivity index (χ0) is 33.9. The lowest BCUT2D eigenvalue weighted by Gasteiger charge is -2.26. The number of carboxylic acid groups (broad SMARTS) is 1. The van der Waals surface area contributed by atoms with Gasteiger partial charge in [0.25, 0.3) is 0 Å². The van der Waals surface area contributed by atoms with Crippen molar-refractivity contribution in [2.24, 2.45) is 25.1 Å². The number of fused-ring (bicyclic) bond motifs is 7. The minimum absolute atomic E-state index is 0.0158. The maximum absolute atomic E-state index is 16.0. The quantitative estimate of drug-likeness (QED) is 0.167. The molecule has 0 saturated heterocycles. The third-order valence-electron chi connectivity index (χ3n) is 10.3. The fraction of sp³-hybridized carbons (Fsp3) is 0.432. The molecule has 256 valence electrons. The number of rotatable bonds is 4. The molecule has 2 aromatic carbocycles. The van der Waals surface area contributed by atoms with Gasteiger partial charge in [-0.3, -0.25) is 9.69 Å². The van der Waals surface area contributed by atoms with Crippen LogP contribution in [0, 0.1) is 11.7 Å². The van der Waals surface area contributed by atoms with Gasteiger partial charge in [0.1, 0.15) is 17.3 Å². The lowest BCUT2D eigenvalue weighted by Crippen LogP contribution is -2.26. The second kappa shape index (κ2) is 12.8. The monoisotopic (exact) mass is 700 g/mol. The molecule has 8 bridgehead atoms. The minimum Gasteiger partial charge on any atom is -0.491 e. The molecule has 2 aliphatic heterocycles. The Morgan fingerprint density at radius 2 is 2.02 bits per heavy atom. The van der Waals surface area contributed by atoms with Gasteiger partial charge in [0, 0.05) is 71.3 Å². The zero-order valence-electron chi connectivity index (χ0n) is 28.1. The summed E-state index contributed by atoms with van der Waals surface area (Å²) < 4.78 is 26.0. The van der Waals surface area contributed by atoms with Gasteiger partial charge >= 0.3 is 5.97 Å². The fourth-order valence-corrected chi connectivity index (χ4v) is 9.46. The number of aromatic nitrogens is 3. The Labute approximate surface area is 293 Å². The third-order valence-corrected chi connectivity index (χ3v) is 12.4. The van der Waals surface area contributed by atoms with Gasteiger partial charge in [0.05, 0.1) is 29.0 Å². The van der Waals surface area contributed by atoms with Crippen LogP contribution in [-0.4, -0.2) is 61.1 Å². The fourth-order valence-electron chi connectivity index (χ4n) is 7.59. The van der Waals surface area contributed by atoms with Crippen LogP contribution >= 0.6 is 23.5 Å². The van der Waals surface area contributed by atoms with E-state index in [0.29, 0.717) is 53.5 Å². The number of ether oxygens (including phenoxy) is 1. The molecule has 4 aromatic rings. The lowest BCUT2D eigenvalue weighted by molar-refractivity contribution is 0.0685. The van der Waals surface area contributed by atoms with E-state index in [9.17, 15) is 9.90 Å². The number of aryl methyl sites for hydroxylation is 4. The average molecular weight is 701 g/mol. The van der Waals surface area contributed by atoms with Crippen LogP contribution in [0.25, 0.3) is 17.0 Å². The van der Waals surface area contributed by atoms with E-state index in [-0.39, 0.29) is 17.1 Å². The summed E-state index contributed by atoms with van der Waals surface area (Å²) in [6, 6.07) is 9.78. The van der Waals surface area contributed by atoms with E-state index in [4.69, 9.17) is 14.9 Å². The Balaban J connectivity index is 1.22. The predicted molar refractivity (Wildman–Crippen MR) is 195 cm³/mol. The first-order valence-electron chi connectivity index (χ1n) is 17.1. The summed E-state index contributed by atoms with van der Waals surface area (Å²) >= 11 is 3.52. The summed E-state index contributed by atoms with van der Waals surface area (Å²) in [7, 11) is 3.73. The first-order valence-corrected chi connectivity index (χ1v) is 19.2. The molecule has 2 saturated carbocycles. The Hall–Kier alpha value is -3.90. The number of benzene rings is 2. The highest BCUT2D eigenvalue weighted by Crippen LogP contribution is 2.71. The van der Waals surface area contributed by atoms with E-state index in [1.54, 1.807) is 47.4 Å². The van der Waals surface area contributed by atoms with Gasteiger partial charge in [-0.25, -0.2) is 9.18 Å². The molecule has 0 radical (unpaired) electrons. The smallest absolute Gasteiger partial charge is 0.352 e. The number of carbonyl (C=O) groups is 1. The third kappa shape index (κ3) is 5.90. The zero-order valence-corrected chi connectivity index (χ0v) is 29.7. The van der Waals surface area contributed by atoms with Gasteiger partial charge in [0.15, 0.2) is 0 Å². The molecule has 2 aliphatic carbocycles. The number of hydrazone groups is 1. The first kappa shape index (κ1) is 32.3. The molecule has 2 fully saturated rings. The van der Waals surface area contributed by atoms with E-state index >= 15 is 4.39 Å². The second-order valence-electron chi connectivity index (χ2n) is 13.5. The van der Waals surface area contributed by atoms with Crippen molar-refractivity contribution in [2.75, 3.05) is 24.2 Å². The highest BCUT2D eigenvalue weighted by molar-refractivity contribution is 7.98. The average Bonchev–Trinajstić information content (AvgIpc) is 3.90. The molecule has 2 aromatic heterocycles. The number of halogens is 1. The molecular weight excluding hydrogens is 660 g/mol. The highest BCUT2D eigenvalue weighted by Gasteiger charge is 2.74. The molecule has 49 heavy (non-hydrogen) atoms. The topological polar surface area (TPSA) is 96.9 Å². The molecule has 0 unspecified atom stereocenters. The summed E-state index contributed by atoms with van der Waals surface area (Å²) in [5, 5.41) is 26.5. The van der Waals surface area contributed by atoms with E-state index in [2.05, 4.69) is 28.5 Å². The predicted octanol–water partition coefficient (Wildman–Crippen LogP) is 7.47. The number of nitrogens with zero attached hydrogens (tertiary/aromatic N) is 5. The second-order valence-corrected chi connectivity index (χ2v) is 15.6. The molecule has 4 heterocycles. The van der Waals surface area contributed by atoms with Gasteiger partial charge in [-0.2, -0.15) is 10.2 Å². The molecule has 4 aliphatic rings. The van der Waals surface area contributed by atoms with Crippen LogP contribution in [0.15, 0.2) is 46.0 Å². The number of hydrogen-bond donors (Lipinski definition) is 2. The van der Waals surface area contributed by atoms with E-state index in [0.717, 1.165) is 76.8 Å². The Morgan fingerprint density at radius 1 is 1.18 bits per heavy atom. The molecule has 0 spiro atoms. The number of nitrogens with one attached hydrogen (secondary N) is 1. The van der Waals surface area contributed by atoms with Crippen LogP contribution in [0.3, 0.4) is 0 Å². The first-order chi connectivity index (χ1) is 23.8. The summed E-state index contributed by atoms with van der Waals surface area (Å²) in [4.78, 5) is 13.9. The maximum atomic E-state index is 16.0. The summed E-state index contributed by atoms with van der Waals surface area (Å²) in [6.45, 7) is 3.24. The van der Waals surface area contributed by atoms with Crippen molar-refractivity contribution in [3.8, 4) is 5.75 Å². The molecule has 0 amide bonds. The molecule has 0 atom stereocenters. The Kier molecular flexibility index (Phi) is 8.42. The van der Waals surface area contributed by atoms with Crippen molar-refractivity contribution in [1.82, 2.24) is 19.4 Å². The highest BCUT2D eigenvalue weighted by atomic mass is 32.2. The van der Waals surface area contributed by atoms with Crippen molar-refractivity contribution in [1.29, 1.82) is 0 Å². The van der Waals surface area contributed by atoms with Gasteiger partial charge in [0.2, 0.25) is 0 Å². The summed E-state index contributed by atoms with van der Waals surface area (Å²) in [6.07, 6.45) is 9.05. The number of aromatic carboxylic acids is 1. The summed E-state index contributed by atoms with van der Waals surface area (Å²) in [5.41, 5.74) is 7.25. The van der Waals surface area contributed by atoms with Crippen LogP contribution in [0.1, 0.15) is 71.2 Å². The van der Waals surface area contributed by atoms with Crippen LogP contribution in [0.2, 0.25) is 0 Å². The lowest BCUT2D eigenvalue weighted by atomic mass is 10.0. The van der Waals surface area contributed by atoms with Crippen molar-refractivity contribution >= 4 is 58.4 Å². The summed E-state index contributed by atoms with van der Waals surface area (Å²) in [5.74, 6) is 2.13. The number of hydrogen-bond acceptors (Lipinski definition) is 8. The maximum Gasteiger partial charge on any atom is 0.352 e. The Bertz CT molecular complexity index is 2030. The van der Waals surface area contributed by atoms with Crippen LogP contribution in [0.5, 0.6) is 5.75 Å².